The first-order valence-electron chi connectivity index (χ1n) is 6.34. The zero-order valence-electron chi connectivity index (χ0n) is 10.9. The van der Waals surface area contributed by atoms with Crippen molar-refractivity contribution in [3.05, 3.63) is 29.9 Å². The third-order valence-corrected chi connectivity index (χ3v) is 2.56. The molecular weight excluding hydrogens is 230 g/mol. The summed E-state index contributed by atoms with van der Waals surface area (Å²) in [6.07, 6.45) is 5.70. The van der Waals surface area contributed by atoms with Crippen LogP contribution in [0.15, 0.2) is 17.0 Å². The summed E-state index contributed by atoms with van der Waals surface area (Å²) >= 11 is 0. The van der Waals surface area contributed by atoms with E-state index in [0.29, 0.717) is 18.3 Å². The van der Waals surface area contributed by atoms with Gasteiger partial charge in [0.2, 0.25) is 5.89 Å². The predicted molar refractivity (Wildman–Crippen MR) is 67.0 cm³/mol. The quantitative estimate of drug-likeness (QED) is 0.751. The van der Waals surface area contributed by atoms with E-state index in [9.17, 15) is 0 Å². The molecule has 2 aromatic heterocycles. The fourth-order valence-electron chi connectivity index (χ4n) is 1.64. The minimum atomic E-state index is 0.601. The van der Waals surface area contributed by atoms with Crippen molar-refractivity contribution in [3.63, 3.8) is 0 Å². The SMILES string of the molecule is CCCNCc1cn(Cc2noc(CC)n2)cn1. The molecule has 18 heavy (non-hydrogen) atoms. The fraction of sp³-hybridized carbons (Fsp3) is 0.583. The van der Waals surface area contributed by atoms with Gasteiger partial charge in [-0.3, -0.25) is 0 Å². The molecule has 0 spiro atoms. The van der Waals surface area contributed by atoms with Gasteiger partial charge in [-0.15, -0.1) is 0 Å². The second-order valence-corrected chi connectivity index (χ2v) is 4.17. The lowest BCUT2D eigenvalue weighted by Crippen LogP contribution is -2.13. The Morgan fingerprint density at radius 2 is 2.28 bits per heavy atom. The van der Waals surface area contributed by atoms with Crippen LogP contribution in [0.1, 0.15) is 37.7 Å². The maximum atomic E-state index is 5.07. The maximum Gasteiger partial charge on any atom is 0.226 e. The van der Waals surface area contributed by atoms with Crippen molar-refractivity contribution in [3.8, 4) is 0 Å². The summed E-state index contributed by atoms with van der Waals surface area (Å²) in [7, 11) is 0. The van der Waals surface area contributed by atoms with Crippen LogP contribution in [0.3, 0.4) is 0 Å². The molecule has 0 aliphatic heterocycles. The first kappa shape index (κ1) is 12.8. The van der Waals surface area contributed by atoms with Crippen molar-refractivity contribution in [2.75, 3.05) is 6.54 Å². The fourth-order valence-corrected chi connectivity index (χ4v) is 1.64. The smallest absolute Gasteiger partial charge is 0.226 e. The Morgan fingerprint density at radius 3 is 3.00 bits per heavy atom. The van der Waals surface area contributed by atoms with Gasteiger partial charge in [-0.25, -0.2) is 4.98 Å². The minimum absolute atomic E-state index is 0.601. The largest absolute Gasteiger partial charge is 0.339 e. The number of nitrogens with one attached hydrogen (secondary N) is 1. The van der Waals surface area contributed by atoms with Crippen LogP contribution >= 0.6 is 0 Å². The second kappa shape index (κ2) is 6.30. The van der Waals surface area contributed by atoms with Crippen molar-refractivity contribution in [2.24, 2.45) is 0 Å². The van der Waals surface area contributed by atoms with Crippen LogP contribution in [0.5, 0.6) is 0 Å². The van der Waals surface area contributed by atoms with Gasteiger partial charge in [-0.05, 0) is 13.0 Å². The van der Waals surface area contributed by atoms with Crippen LogP contribution in [0.2, 0.25) is 0 Å². The second-order valence-electron chi connectivity index (χ2n) is 4.17. The molecule has 0 unspecified atom stereocenters. The summed E-state index contributed by atoms with van der Waals surface area (Å²) in [5.41, 5.74) is 1.03. The molecule has 0 aliphatic rings. The summed E-state index contributed by atoms with van der Waals surface area (Å²) in [5, 5.41) is 7.23. The highest BCUT2D eigenvalue weighted by Crippen LogP contribution is 2.02. The summed E-state index contributed by atoms with van der Waals surface area (Å²) in [4.78, 5) is 8.59. The molecule has 0 aliphatic carbocycles. The third-order valence-electron chi connectivity index (χ3n) is 2.56. The zero-order valence-corrected chi connectivity index (χ0v) is 10.9. The molecule has 6 heteroatoms. The van der Waals surface area contributed by atoms with Crippen molar-refractivity contribution in [1.82, 2.24) is 25.0 Å². The lowest BCUT2D eigenvalue weighted by molar-refractivity contribution is 0.375. The highest BCUT2D eigenvalue weighted by molar-refractivity contribution is 4.98. The molecule has 0 atom stereocenters. The molecule has 2 aromatic rings. The molecule has 2 heterocycles. The van der Waals surface area contributed by atoms with Gasteiger partial charge >= 0.3 is 0 Å². The molecule has 2 rings (SSSR count). The Kier molecular flexibility index (Phi) is 4.46. The molecule has 0 radical (unpaired) electrons. The summed E-state index contributed by atoms with van der Waals surface area (Å²) in [6.45, 7) is 6.55. The van der Waals surface area contributed by atoms with Crippen LogP contribution in [0, 0.1) is 0 Å². The van der Waals surface area contributed by atoms with Gasteiger partial charge in [0.05, 0.1) is 18.6 Å². The summed E-state index contributed by atoms with van der Waals surface area (Å²) in [6, 6.07) is 0. The molecular formula is C12H19N5O. The molecule has 0 amide bonds. The van der Waals surface area contributed by atoms with E-state index < -0.39 is 0 Å². The summed E-state index contributed by atoms with van der Waals surface area (Å²) < 4.78 is 7.03. The first-order chi connectivity index (χ1) is 8.81. The number of imidazole rings is 1. The minimum Gasteiger partial charge on any atom is -0.339 e. The standard InChI is InChI=1S/C12H19N5O/c1-3-5-13-6-10-7-17(9-14-10)8-11-15-12(4-2)18-16-11/h7,9,13H,3-6,8H2,1-2H3. The number of aryl methyl sites for hydroxylation is 1. The van der Waals surface area contributed by atoms with Crippen LogP contribution in [0.25, 0.3) is 0 Å². The van der Waals surface area contributed by atoms with E-state index >= 15 is 0 Å². The number of rotatable bonds is 7. The normalized spacial score (nSPS) is 11.0. The Morgan fingerprint density at radius 1 is 1.39 bits per heavy atom. The van der Waals surface area contributed by atoms with Crippen molar-refractivity contribution in [1.29, 1.82) is 0 Å². The molecule has 0 aromatic carbocycles. The van der Waals surface area contributed by atoms with Crippen LogP contribution in [-0.4, -0.2) is 26.2 Å². The van der Waals surface area contributed by atoms with Gasteiger partial charge in [-0.1, -0.05) is 19.0 Å². The molecule has 6 nitrogen and oxygen atoms in total. The van der Waals surface area contributed by atoms with Gasteiger partial charge in [0.25, 0.3) is 0 Å². The average Bonchev–Trinajstić information content (AvgIpc) is 3.00. The van der Waals surface area contributed by atoms with Crippen molar-refractivity contribution in [2.45, 2.75) is 39.8 Å². The number of hydrogen-bond acceptors (Lipinski definition) is 5. The zero-order chi connectivity index (χ0) is 12.8. The van der Waals surface area contributed by atoms with E-state index in [2.05, 4.69) is 27.4 Å². The van der Waals surface area contributed by atoms with E-state index in [-0.39, 0.29) is 0 Å². The third kappa shape index (κ3) is 3.40. The molecule has 0 saturated carbocycles. The van der Waals surface area contributed by atoms with E-state index in [0.717, 1.165) is 31.6 Å². The molecule has 0 fully saturated rings. The predicted octanol–water partition coefficient (Wildman–Crippen LogP) is 1.38. The molecule has 98 valence electrons. The van der Waals surface area contributed by atoms with Crippen LogP contribution in [-0.2, 0) is 19.5 Å². The van der Waals surface area contributed by atoms with Gasteiger partial charge in [0.15, 0.2) is 5.82 Å². The van der Waals surface area contributed by atoms with Crippen LogP contribution in [0.4, 0.5) is 0 Å². The van der Waals surface area contributed by atoms with Gasteiger partial charge < -0.3 is 14.4 Å². The van der Waals surface area contributed by atoms with E-state index in [1.807, 2.05) is 17.7 Å². The van der Waals surface area contributed by atoms with E-state index in [4.69, 9.17) is 4.52 Å². The number of hydrogen-bond donors (Lipinski definition) is 1. The van der Waals surface area contributed by atoms with Gasteiger partial charge in [0, 0.05) is 19.2 Å². The summed E-state index contributed by atoms with van der Waals surface area (Å²) in [5.74, 6) is 1.37. The Labute approximate surface area is 106 Å². The van der Waals surface area contributed by atoms with E-state index in [1.165, 1.54) is 0 Å². The average molecular weight is 249 g/mol. The van der Waals surface area contributed by atoms with Crippen molar-refractivity contribution >= 4 is 0 Å². The molecule has 0 saturated heterocycles. The Hall–Kier alpha value is -1.69. The van der Waals surface area contributed by atoms with Crippen LogP contribution < -0.4 is 5.32 Å². The van der Waals surface area contributed by atoms with Crippen molar-refractivity contribution < 1.29 is 4.52 Å². The van der Waals surface area contributed by atoms with Gasteiger partial charge in [-0.2, -0.15) is 4.98 Å². The lowest BCUT2D eigenvalue weighted by atomic mass is 10.4. The highest BCUT2D eigenvalue weighted by atomic mass is 16.5. The van der Waals surface area contributed by atoms with E-state index in [1.54, 1.807) is 6.33 Å². The lowest BCUT2D eigenvalue weighted by Gasteiger charge is -1.98. The maximum absolute atomic E-state index is 5.07. The Bertz CT molecular complexity index is 476. The molecule has 1 N–H and O–H groups in total. The Balaban J connectivity index is 1.89. The molecule has 0 bridgehead atoms. The topological polar surface area (TPSA) is 68.8 Å². The monoisotopic (exact) mass is 249 g/mol. The number of aromatic nitrogens is 4. The highest BCUT2D eigenvalue weighted by Gasteiger charge is 2.05. The number of nitrogens with zero attached hydrogens (tertiary/aromatic N) is 4. The first-order valence-corrected chi connectivity index (χ1v) is 6.34. The van der Waals surface area contributed by atoms with Gasteiger partial charge in [0.1, 0.15) is 0 Å².